The minimum atomic E-state index is -0.522. The number of amides is 3. The van der Waals surface area contributed by atoms with Crippen LogP contribution >= 0.6 is 0 Å². The SMILES string of the molecule is COC(=O)CNC(=O)Cc1ccc(NC(=O)CCNC(=O)c2ccco2)cc1. The van der Waals surface area contributed by atoms with Crippen LogP contribution in [0.5, 0.6) is 0 Å². The summed E-state index contributed by atoms with van der Waals surface area (Å²) in [4.78, 5) is 46.3. The molecule has 2 rings (SSSR count). The van der Waals surface area contributed by atoms with Crippen molar-refractivity contribution in [3.8, 4) is 0 Å². The predicted molar refractivity (Wildman–Crippen MR) is 99.5 cm³/mol. The Morgan fingerprint density at radius 3 is 2.39 bits per heavy atom. The molecule has 2 aromatic rings. The molecule has 3 N–H and O–H groups in total. The van der Waals surface area contributed by atoms with E-state index in [4.69, 9.17) is 4.42 Å². The topological polar surface area (TPSA) is 127 Å². The van der Waals surface area contributed by atoms with Crippen molar-refractivity contribution in [3.05, 3.63) is 54.0 Å². The van der Waals surface area contributed by atoms with Crippen LogP contribution in [0.25, 0.3) is 0 Å². The summed E-state index contributed by atoms with van der Waals surface area (Å²) in [5.41, 5.74) is 1.30. The lowest BCUT2D eigenvalue weighted by Gasteiger charge is -2.08. The highest BCUT2D eigenvalue weighted by molar-refractivity contribution is 5.93. The Morgan fingerprint density at radius 2 is 1.75 bits per heavy atom. The normalized spacial score (nSPS) is 10.0. The van der Waals surface area contributed by atoms with Crippen LogP contribution < -0.4 is 16.0 Å². The lowest BCUT2D eigenvalue weighted by Crippen LogP contribution is -2.31. The van der Waals surface area contributed by atoms with E-state index < -0.39 is 5.97 Å². The second-order valence-corrected chi connectivity index (χ2v) is 5.76. The number of nitrogens with one attached hydrogen (secondary N) is 3. The Labute approximate surface area is 161 Å². The molecule has 0 aliphatic rings. The summed E-state index contributed by atoms with van der Waals surface area (Å²) in [7, 11) is 1.24. The van der Waals surface area contributed by atoms with Gasteiger partial charge in [-0.3, -0.25) is 19.2 Å². The maximum Gasteiger partial charge on any atom is 0.325 e. The number of carbonyl (C=O) groups is 4. The second-order valence-electron chi connectivity index (χ2n) is 5.76. The summed E-state index contributed by atoms with van der Waals surface area (Å²) in [6, 6.07) is 9.88. The fourth-order valence-corrected chi connectivity index (χ4v) is 2.20. The summed E-state index contributed by atoms with van der Waals surface area (Å²) >= 11 is 0. The van der Waals surface area contributed by atoms with Gasteiger partial charge in [0.25, 0.3) is 5.91 Å². The van der Waals surface area contributed by atoms with E-state index in [0.29, 0.717) is 5.69 Å². The van der Waals surface area contributed by atoms with Crippen LogP contribution in [-0.4, -0.2) is 43.9 Å². The molecule has 0 aliphatic heterocycles. The zero-order chi connectivity index (χ0) is 20.4. The van der Waals surface area contributed by atoms with Gasteiger partial charge in [-0.15, -0.1) is 0 Å². The molecule has 0 unspecified atom stereocenters. The number of benzene rings is 1. The molecule has 1 heterocycles. The summed E-state index contributed by atoms with van der Waals surface area (Å²) in [5, 5.41) is 7.74. The number of anilines is 1. The van der Waals surface area contributed by atoms with E-state index in [1.54, 1.807) is 30.3 Å². The smallest absolute Gasteiger partial charge is 0.325 e. The molecule has 9 nitrogen and oxygen atoms in total. The number of hydrogen-bond donors (Lipinski definition) is 3. The molecule has 28 heavy (non-hydrogen) atoms. The van der Waals surface area contributed by atoms with Crippen LogP contribution in [0, 0.1) is 0 Å². The molecule has 0 atom stereocenters. The lowest BCUT2D eigenvalue weighted by atomic mass is 10.1. The van der Waals surface area contributed by atoms with Crippen LogP contribution in [-0.2, 0) is 25.5 Å². The molecule has 1 aromatic heterocycles. The van der Waals surface area contributed by atoms with E-state index >= 15 is 0 Å². The molecule has 0 radical (unpaired) electrons. The molecular weight excluding hydrogens is 366 g/mol. The lowest BCUT2D eigenvalue weighted by molar-refractivity contribution is -0.141. The van der Waals surface area contributed by atoms with E-state index in [1.807, 2.05) is 0 Å². The monoisotopic (exact) mass is 387 g/mol. The molecule has 0 aliphatic carbocycles. The van der Waals surface area contributed by atoms with Gasteiger partial charge in [-0.1, -0.05) is 12.1 Å². The fourth-order valence-electron chi connectivity index (χ4n) is 2.20. The molecule has 0 fully saturated rings. The third kappa shape index (κ3) is 6.94. The Kier molecular flexibility index (Phi) is 7.77. The molecule has 0 spiro atoms. The number of rotatable bonds is 9. The Balaban J connectivity index is 1.71. The maximum absolute atomic E-state index is 11.9. The van der Waals surface area contributed by atoms with Crippen LogP contribution in [0.1, 0.15) is 22.5 Å². The van der Waals surface area contributed by atoms with Crippen molar-refractivity contribution < 1.29 is 28.3 Å². The number of hydrogen-bond acceptors (Lipinski definition) is 6. The number of furan rings is 1. The van der Waals surface area contributed by atoms with Crippen molar-refractivity contribution in [2.75, 3.05) is 25.5 Å². The summed E-state index contributed by atoms with van der Waals surface area (Å²) in [6.07, 6.45) is 1.60. The average molecular weight is 387 g/mol. The number of methoxy groups -OCH3 is 1. The van der Waals surface area contributed by atoms with Crippen molar-refractivity contribution in [1.82, 2.24) is 10.6 Å². The van der Waals surface area contributed by atoms with Gasteiger partial charge in [0.15, 0.2) is 5.76 Å². The van der Waals surface area contributed by atoms with E-state index in [-0.39, 0.29) is 49.4 Å². The largest absolute Gasteiger partial charge is 0.468 e. The zero-order valence-electron chi connectivity index (χ0n) is 15.3. The molecule has 0 saturated carbocycles. The van der Waals surface area contributed by atoms with Crippen LogP contribution in [0.15, 0.2) is 47.1 Å². The second kappa shape index (κ2) is 10.5. The maximum atomic E-state index is 11.9. The van der Waals surface area contributed by atoms with Gasteiger partial charge in [0.05, 0.1) is 19.8 Å². The first-order valence-corrected chi connectivity index (χ1v) is 8.52. The van der Waals surface area contributed by atoms with Crippen molar-refractivity contribution in [3.63, 3.8) is 0 Å². The van der Waals surface area contributed by atoms with Gasteiger partial charge in [0.2, 0.25) is 11.8 Å². The Hall–Kier alpha value is -3.62. The zero-order valence-corrected chi connectivity index (χ0v) is 15.3. The molecule has 0 bridgehead atoms. The summed E-state index contributed by atoms with van der Waals surface area (Å²) in [6.45, 7) is -0.0102. The van der Waals surface area contributed by atoms with Crippen LogP contribution in [0.2, 0.25) is 0 Å². The van der Waals surface area contributed by atoms with E-state index in [1.165, 1.54) is 19.4 Å². The third-order valence-electron chi connectivity index (χ3n) is 3.64. The predicted octanol–water partition coefficient (Wildman–Crippen LogP) is 0.870. The number of carbonyl (C=O) groups excluding carboxylic acids is 4. The molecule has 0 saturated heterocycles. The highest BCUT2D eigenvalue weighted by atomic mass is 16.5. The number of esters is 1. The van der Waals surface area contributed by atoms with E-state index in [2.05, 4.69) is 20.7 Å². The molecule has 3 amide bonds. The third-order valence-corrected chi connectivity index (χ3v) is 3.64. The Bertz CT molecular complexity index is 815. The average Bonchev–Trinajstić information content (AvgIpc) is 3.22. The van der Waals surface area contributed by atoms with Gasteiger partial charge >= 0.3 is 5.97 Å². The van der Waals surface area contributed by atoms with Gasteiger partial charge in [0.1, 0.15) is 6.54 Å². The highest BCUT2D eigenvalue weighted by Gasteiger charge is 2.10. The van der Waals surface area contributed by atoms with E-state index in [0.717, 1.165) is 5.56 Å². The Morgan fingerprint density at radius 1 is 1.00 bits per heavy atom. The van der Waals surface area contributed by atoms with Crippen molar-refractivity contribution >= 4 is 29.4 Å². The molecular formula is C19H21N3O6. The van der Waals surface area contributed by atoms with Gasteiger partial charge in [-0.25, -0.2) is 0 Å². The van der Waals surface area contributed by atoms with E-state index in [9.17, 15) is 19.2 Å². The van der Waals surface area contributed by atoms with Crippen LogP contribution in [0.3, 0.4) is 0 Å². The van der Waals surface area contributed by atoms with Gasteiger partial charge in [0, 0.05) is 18.7 Å². The quantitative estimate of drug-likeness (QED) is 0.548. The fraction of sp³-hybridized carbons (Fsp3) is 0.263. The van der Waals surface area contributed by atoms with Crippen molar-refractivity contribution in [2.45, 2.75) is 12.8 Å². The van der Waals surface area contributed by atoms with Gasteiger partial charge in [-0.05, 0) is 29.8 Å². The molecule has 1 aromatic carbocycles. The molecule has 148 valence electrons. The van der Waals surface area contributed by atoms with Gasteiger partial charge < -0.3 is 25.1 Å². The van der Waals surface area contributed by atoms with Crippen LogP contribution in [0.4, 0.5) is 5.69 Å². The standard InChI is InChI=1S/C19H21N3O6/c1-27-18(25)12-21-17(24)11-13-4-6-14(7-5-13)22-16(23)8-9-20-19(26)15-3-2-10-28-15/h2-7,10H,8-9,11-12H2,1H3,(H,20,26)(H,21,24)(H,22,23). The highest BCUT2D eigenvalue weighted by Crippen LogP contribution is 2.10. The first-order chi connectivity index (χ1) is 13.5. The minimum Gasteiger partial charge on any atom is -0.468 e. The molecule has 9 heteroatoms. The summed E-state index contributed by atoms with van der Waals surface area (Å²) in [5.74, 6) is -1.29. The minimum absolute atomic E-state index is 0.101. The van der Waals surface area contributed by atoms with Crippen molar-refractivity contribution in [1.29, 1.82) is 0 Å². The first kappa shape index (κ1) is 20.7. The van der Waals surface area contributed by atoms with Crippen molar-refractivity contribution in [2.24, 2.45) is 0 Å². The van der Waals surface area contributed by atoms with Gasteiger partial charge in [-0.2, -0.15) is 0 Å². The summed E-state index contributed by atoms with van der Waals surface area (Å²) < 4.78 is 9.40. The first-order valence-electron chi connectivity index (χ1n) is 8.52. The number of ether oxygens (including phenoxy) is 1.